The van der Waals surface area contributed by atoms with E-state index in [0.29, 0.717) is 0 Å². The van der Waals surface area contributed by atoms with Crippen molar-refractivity contribution in [2.45, 2.75) is 0 Å². The number of nitrogens with one attached hydrogen (secondary N) is 2. The molecule has 2 amide bonds. The zero-order valence-corrected chi connectivity index (χ0v) is 8.03. The van der Waals surface area contributed by atoms with Crippen LogP contribution >= 0.6 is 0 Å². The van der Waals surface area contributed by atoms with E-state index in [-0.39, 0.29) is 0 Å². The number of rotatable bonds is 4. The molecular weight excluding hydrogens is 208 g/mol. The maximum atomic E-state index is 11.2. The minimum Gasteiger partial charge on any atom is -0.480 e. The fourth-order valence-corrected chi connectivity index (χ4v) is 0.958. The van der Waals surface area contributed by atoms with E-state index in [0.717, 1.165) is 14.1 Å². The van der Waals surface area contributed by atoms with Crippen molar-refractivity contribution in [3.63, 3.8) is 0 Å². The summed E-state index contributed by atoms with van der Waals surface area (Å²) in [5.74, 6) is -6.92. The Labute approximate surface area is 84.3 Å². The van der Waals surface area contributed by atoms with Crippen molar-refractivity contribution in [1.29, 1.82) is 0 Å². The van der Waals surface area contributed by atoms with Crippen LogP contribution in [0.1, 0.15) is 0 Å². The van der Waals surface area contributed by atoms with Crippen LogP contribution in [0.3, 0.4) is 0 Å². The SMILES string of the molecule is CNC(=O)C(C(=O)O)(C(=O)O)C(=O)NC. The summed E-state index contributed by atoms with van der Waals surface area (Å²) in [6.45, 7) is 0. The van der Waals surface area contributed by atoms with E-state index < -0.39 is 29.2 Å². The molecule has 0 radical (unpaired) electrons. The summed E-state index contributed by atoms with van der Waals surface area (Å²) in [6.07, 6.45) is 0. The first kappa shape index (κ1) is 12.9. The van der Waals surface area contributed by atoms with Crippen molar-refractivity contribution in [3.8, 4) is 0 Å². The van der Waals surface area contributed by atoms with Gasteiger partial charge in [-0.3, -0.25) is 9.59 Å². The molecular formula is C7H10N2O6. The van der Waals surface area contributed by atoms with Crippen LogP contribution in [-0.2, 0) is 19.2 Å². The van der Waals surface area contributed by atoms with E-state index in [1.165, 1.54) is 0 Å². The minimum absolute atomic E-state index is 1.03. The van der Waals surface area contributed by atoms with Crippen LogP contribution in [0.4, 0.5) is 0 Å². The van der Waals surface area contributed by atoms with Gasteiger partial charge in [-0.1, -0.05) is 0 Å². The molecule has 0 fully saturated rings. The maximum absolute atomic E-state index is 11.2. The number of carbonyl (C=O) groups excluding carboxylic acids is 2. The molecule has 0 aromatic heterocycles. The molecule has 8 nitrogen and oxygen atoms in total. The molecule has 15 heavy (non-hydrogen) atoms. The number of amides is 2. The lowest BCUT2D eigenvalue weighted by molar-refractivity contribution is -0.172. The quantitative estimate of drug-likeness (QED) is 0.390. The highest BCUT2D eigenvalue weighted by atomic mass is 16.4. The average Bonchev–Trinajstić information content (AvgIpc) is 2.16. The van der Waals surface area contributed by atoms with Gasteiger partial charge in [0.1, 0.15) is 0 Å². The third-order valence-electron chi connectivity index (χ3n) is 1.78. The van der Waals surface area contributed by atoms with Gasteiger partial charge in [-0.15, -0.1) is 0 Å². The maximum Gasteiger partial charge on any atom is 0.340 e. The van der Waals surface area contributed by atoms with Crippen molar-refractivity contribution in [3.05, 3.63) is 0 Å². The Bertz CT molecular complexity index is 291. The highest BCUT2D eigenvalue weighted by Gasteiger charge is 2.60. The van der Waals surface area contributed by atoms with Crippen LogP contribution in [-0.4, -0.2) is 48.1 Å². The standard InChI is InChI=1S/C7H10N2O6/c1-8-3(10)7(5(12)13,6(14)15)4(11)9-2/h1-2H3,(H,8,10)(H,9,11)(H,12,13)(H,14,15). The molecule has 8 heteroatoms. The monoisotopic (exact) mass is 218 g/mol. The van der Waals surface area contributed by atoms with Gasteiger partial charge in [-0.25, -0.2) is 9.59 Å². The number of aliphatic carboxylic acids is 2. The largest absolute Gasteiger partial charge is 0.480 e. The summed E-state index contributed by atoms with van der Waals surface area (Å²) in [5, 5.41) is 21.0. The molecule has 0 unspecified atom stereocenters. The van der Waals surface area contributed by atoms with E-state index in [2.05, 4.69) is 0 Å². The minimum atomic E-state index is -3.15. The number of hydrogen-bond donors (Lipinski definition) is 4. The second-order valence-electron chi connectivity index (χ2n) is 2.52. The average molecular weight is 218 g/mol. The molecule has 0 atom stereocenters. The van der Waals surface area contributed by atoms with Gasteiger partial charge >= 0.3 is 17.4 Å². The molecule has 0 rings (SSSR count). The van der Waals surface area contributed by atoms with Crippen LogP contribution in [0.25, 0.3) is 0 Å². The Morgan fingerprint density at radius 1 is 0.867 bits per heavy atom. The smallest absolute Gasteiger partial charge is 0.340 e. The fraction of sp³-hybridized carbons (Fsp3) is 0.429. The lowest BCUT2D eigenvalue weighted by Gasteiger charge is -2.20. The summed E-state index contributed by atoms with van der Waals surface area (Å²) in [4.78, 5) is 43.9. The predicted octanol–water partition coefficient (Wildman–Crippen LogP) is -2.37. The molecule has 0 bridgehead atoms. The molecule has 0 saturated heterocycles. The van der Waals surface area contributed by atoms with Crippen LogP contribution in [0.15, 0.2) is 0 Å². The molecule has 4 N–H and O–H groups in total. The molecule has 0 aliphatic rings. The highest BCUT2D eigenvalue weighted by Crippen LogP contribution is 2.18. The zero-order valence-electron chi connectivity index (χ0n) is 8.03. The van der Waals surface area contributed by atoms with Crippen LogP contribution in [0.2, 0.25) is 0 Å². The van der Waals surface area contributed by atoms with Gasteiger partial charge in [0.15, 0.2) is 0 Å². The van der Waals surface area contributed by atoms with Crippen molar-refractivity contribution < 1.29 is 29.4 Å². The predicted molar refractivity (Wildman–Crippen MR) is 45.8 cm³/mol. The zero-order chi connectivity index (χ0) is 12.2. The highest BCUT2D eigenvalue weighted by molar-refractivity contribution is 6.34. The van der Waals surface area contributed by atoms with Gasteiger partial charge in [0.25, 0.3) is 11.8 Å². The first-order chi connectivity index (χ1) is 6.85. The van der Waals surface area contributed by atoms with Crippen molar-refractivity contribution >= 4 is 23.8 Å². The number of hydrogen-bond acceptors (Lipinski definition) is 4. The molecule has 0 spiro atoms. The van der Waals surface area contributed by atoms with Gasteiger partial charge in [0.05, 0.1) is 0 Å². The van der Waals surface area contributed by atoms with Crippen molar-refractivity contribution in [2.75, 3.05) is 14.1 Å². The Hall–Kier alpha value is -2.12. The Morgan fingerprint density at radius 2 is 1.13 bits per heavy atom. The van der Waals surface area contributed by atoms with E-state index in [1.807, 2.05) is 10.6 Å². The first-order valence-electron chi connectivity index (χ1n) is 3.76. The Kier molecular flexibility index (Phi) is 3.78. The van der Waals surface area contributed by atoms with Crippen LogP contribution in [0.5, 0.6) is 0 Å². The number of carboxylic acids is 2. The molecule has 0 aromatic rings. The van der Waals surface area contributed by atoms with Gasteiger partial charge in [0.2, 0.25) is 0 Å². The third-order valence-corrected chi connectivity index (χ3v) is 1.78. The molecule has 0 aliphatic carbocycles. The first-order valence-corrected chi connectivity index (χ1v) is 3.76. The van der Waals surface area contributed by atoms with Gasteiger partial charge < -0.3 is 20.8 Å². The van der Waals surface area contributed by atoms with Gasteiger partial charge in [0, 0.05) is 14.1 Å². The Balaban J connectivity index is 5.70. The van der Waals surface area contributed by atoms with Crippen LogP contribution in [0, 0.1) is 5.41 Å². The van der Waals surface area contributed by atoms with E-state index >= 15 is 0 Å². The lowest BCUT2D eigenvalue weighted by Crippen LogP contribution is -2.59. The summed E-state index contributed by atoms with van der Waals surface area (Å²) >= 11 is 0. The lowest BCUT2D eigenvalue weighted by atomic mass is 9.86. The molecule has 0 aromatic carbocycles. The van der Waals surface area contributed by atoms with E-state index in [4.69, 9.17) is 10.2 Å². The fourth-order valence-electron chi connectivity index (χ4n) is 0.958. The second-order valence-corrected chi connectivity index (χ2v) is 2.52. The summed E-state index contributed by atoms with van der Waals surface area (Å²) < 4.78 is 0. The summed E-state index contributed by atoms with van der Waals surface area (Å²) in [6, 6.07) is 0. The van der Waals surface area contributed by atoms with Crippen molar-refractivity contribution in [1.82, 2.24) is 10.6 Å². The van der Waals surface area contributed by atoms with E-state index in [9.17, 15) is 19.2 Å². The summed E-state index contributed by atoms with van der Waals surface area (Å²) in [7, 11) is 2.07. The molecule has 0 saturated carbocycles. The number of carbonyl (C=O) groups is 4. The van der Waals surface area contributed by atoms with Crippen molar-refractivity contribution in [2.24, 2.45) is 5.41 Å². The third kappa shape index (κ3) is 1.73. The second kappa shape index (κ2) is 4.40. The normalized spacial score (nSPS) is 10.3. The molecule has 0 aliphatic heterocycles. The molecule has 84 valence electrons. The topological polar surface area (TPSA) is 133 Å². The van der Waals surface area contributed by atoms with Gasteiger partial charge in [-0.05, 0) is 0 Å². The number of carboxylic acid groups (broad SMARTS) is 2. The van der Waals surface area contributed by atoms with E-state index in [1.54, 1.807) is 0 Å². The molecule has 0 heterocycles. The van der Waals surface area contributed by atoms with Gasteiger partial charge in [-0.2, -0.15) is 0 Å². The summed E-state index contributed by atoms with van der Waals surface area (Å²) in [5.41, 5.74) is -3.15. The Morgan fingerprint density at radius 3 is 1.27 bits per heavy atom. The van der Waals surface area contributed by atoms with Crippen LogP contribution < -0.4 is 10.6 Å².